The molecule has 1 aliphatic rings. The van der Waals surface area contributed by atoms with E-state index >= 15 is 0 Å². The van der Waals surface area contributed by atoms with Gasteiger partial charge in [0.1, 0.15) is 0 Å². The van der Waals surface area contributed by atoms with Crippen LogP contribution in [0.2, 0.25) is 0 Å². The zero-order valence-corrected chi connectivity index (χ0v) is 12.9. The topological polar surface area (TPSA) is 52.6 Å². The molecule has 0 fully saturated rings. The van der Waals surface area contributed by atoms with E-state index in [1.807, 2.05) is 12.2 Å². The van der Waals surface area contributed by atoms with Crippen LogP contribution in [0.25, 0.3) is 0 Å². The predicted octanol–water partition coefficient (Wildman–Crippen LogP) is 2.91. The first-order valence-corrected chi connectivity index (χ1v) is 7.87. The SMILES string of the molecule is O=C(OCCCCl)[C@@H]1CC=CC[C@H]1C(=O)OCCCCl. The van der Waals surface area contributed by atoms with E-state index in [1.165, 1.54) is 0 Å². The Balaban J connectivity index is 2.51. The largest absolute Gasteiger partial charge is 0.465 e. The van der Waals surface area contributed by atoms with Gasteiger partial charge in [-0.3, -0.25) is 9.59 Å². The van der Waals surface area contributed by atoms with Crippen LogP contribution in [0.4, 0.5) is 0 Å². The number of alkyl halides is 2. The van der Waals surface area contributed by atoms with Gasteiger partial charge in [-0.1, -0.05) is 12.2 Å². The third kappa shape index (κ3) is 5.71. The summed E-state index contributed by atoms with van der Waals surface area (Å²) in [6.07, 6.45) is 6.04. The van der Waals surface area contributed by atoms with E-state index in [4.69, 9.17) is 32.7 Å². The predicted molar refractivity (Wildman–Crippen MR) is 77.9 cm³/mol. The highest BCUT2D eigenvalue weighted by atomic mass is 35.5. The van der Waals surface area contributed by atoms with Gasteiger partial charge in [-0.25, -0.2) is 0 Å². The number of esters is 2. The highest BCUT2D eigenvalue weighted by Crippen LogP contribution is 2.28. The van der Waals surface area contributed by atoms with E-state index < -0.39 is 11.8 Å². The molecule has 0 aromatic carbocycles. The van der Waals surface area contributed by atoms with Crippen molar-refractivity contribution in [3.63, 3.8) is 0 Å². The number of halogens is 2. The molecule has 0 spiro atoms. The minimum atomic E-state index is -0.459. The number of hydrogen-bond donors (Lipinski definition) is 0. The first-order chi connectivity index (χ1) is 9.70. The van der Waals surface area contributed by atoms with Crippen LogP contribution >= 0.6 is 23.2 Å². The van der Waals surface area contributed by atoms with Crippen molar-refractivity contribution in [3.05, 3.63) is 12.2 Å². The number of allylic oxidation sites excluding steroid dienone is 2. The van der Waals surface area contributed by atoms with Crippen molar-refractivity contribution in [2.24, 2.45) is 11.8 Å². The highest BCUT2D eigenvalue weighted by Gasteiger charge is 2.36. The van der Waals surface area contributed by atoms with Gasteiger partial charge in [0.15, 0.2) is 0 Å². The van der Waals surface area contributed by atoms with Crippen LogP contribution in [0, 0.1) is 11.8 Å². The van der Waals surface area contributed by atoms with Crippen molar-refractivity contribution < 1.29 is 19.1 Å². The summed E-state index contributed by atoms with van der Waals surface area (Å²) >= 11 is 11.1. The van der Waals surface area contributed by atoms with Crippen molar-refractivity contribution >= 4 is 35.1 Å². The molecule has 0 unspecified atom stereocenters. The third-order valence-electron chi connectivity index (χ3n) is 3.08. The lowest BCUT2D eigenvalue weighted by atomic mass is 9.83. The van der Waals surface area contributed by atoms with Crippen molar-refractivity contribution in [1.29, 1.82) is 0 Å². The summed E-state index contributed by atoms with van der Waals surface area (Å²) in [6, 6.07) is 0. The normalized spacial score (nSPS) is 21.5. The maximum Gasteiger partial charge on any atom is 0.310 e. The fourth-order valence-electron chi connectivity index (χ4n) is 2.00. The number of carbonyl (C=O) groups is 2. The first kappa shape index (κ1) is 17.3. The van der Waals surface area contributed by atoms with Crippen LogP contribution in [0.1, 0.15) is 25.7 Å². The van der Waals surface area contributed by atoms with E-state index in [9.17, 15) is 9.59 Å². The summed E-state index contributed by atoms with van der Waals surface area (Å²) in [5.41, 5.74) is 0. The Morgan fingerprint density at radius 3 is 1.65 bits per heavy atom. The molecule has 0 N–H and O–H groups in total. The minimum absolute atomic E-state index is 0.288. The standard InChI is InChI=1S/C14H20Cl2O4/c15-7-3-9-19-13(17)11-5-1-2-6-12(11)14(18)20-10-4-8-16/h1-2,11-12H,3-10H2/t11-,12-/m1/s1. The molecular weight excluding hydrogens is 303 g/mol. The fourth-order valence-corrected chi connectivity index (χ4v) is 2.22. The van der Waals surface area contributed by atoms with Gasteiger partial charge in [0.25, 0.3) is 0 Å². The Hall–Kier alpha value is -0.740. The summed E-state index contributed by atoms with van der Waals surface area (Å²) in [5.74, 6) is -0.723. The van der Waals surface area contributed by atoms with Crippen molar-refractivity contribution in [2.45, 2.75) is 25.7 Å². The Morgan fingerprint density at radius 2 is 1.30 bits per heavy atom. The molecule has 0 aromatic heterocycles. The lowest BCUT2D eigenvalue weighted by molar-refractivity contribution is -0.161. The molecule has 0 saturated heterocycles. The summed E-state index contributed by atoms with van der Waals surface area (Å²) < 4.78 is 10.3. The van der Waals surface area contributed by atoms with Gasteiger partial charge >= 0.3 is 11.9 Å². The molecule has 6 heteroatoms. The summed E-state index contributed by atoms with van der Waals surface area (Å²) in [7, 11) is 0. The van der Waals surface area contributed by atoms with E-state index in [-0.39, 0.29) is 25.2 Å². The number of hydrogen-bond acceptors (Lipinski definition) is 4. The van der Waals surface area contributed by atoms with E-state index in [0.717, 1.165) is 0 Å². The van der Waals surface area contributed by atoms with Crippen LogP contribution in [0.5, 0.6) is 0 Å². The summed E-state index contributed by atoms with van der Waals surface area (Å²) in [5, 5.41) is 0. The Bertz CT molecular complexity index is 312. The minimum Gasteiger partial charge on any atom is -0.465 e. The van der Waals surface area contributed by atoms with Crippen LogP contribution in [-0.4, -0.2) is 36.9 Å². The summed E-state index contributed by atoms with van der Waals surface area (Å²) in [4.78, 5) is 24.0. The van der Waals surface area contributed by atoms with E-state index in [0.29, 0.717) is 37.4 Å². The smallest absolute Gasteiger partial charge is 0.310 e. The van der Waals surface area contributed by atoms with Crippen LogP contribution in [0.3, 0.4) is 0 Å². The quantitative estimate of drug-likeness (QED) is 0.298. The Kier molecular flexibility index (Phi) is 8.70. The molecule has 0 radical (unpaired) electrons. The zero-order valence-electron chi connectivity index (χ0n) is 11.4. The molecule has 0 aliphatic heterocycles. The van der Waals surface area contributed by atoms with Crippen molar-refractivity contribution in [2.75, 3.05) is 25.0 Å². The van der Waals surface area contributed by atoms with Gasteiger partial charge in [0, 0.05) is 11.8 Å². The summed E-state index contributed by atoms with van der Waals surface area (Å²) in [6.45, 7) is 0.577. The second-order valence-electron chi connectivity index (χ2n) is 4.58. The fraction of sp³-hybridized carbons (Fsp3) is 0.714. The van der Waals surface area contributed by atoms with Gasteiger partial charge in [-0.05, 0) is 25.7 Å². The van der Waals surface area contributed by atoms with Gasteiger partial charge in [-0.15, -0.1) is 23.2 Å². The molecule has 0 bridgehead atoms. The lowest BCUT2D eigenvalue weighted by Gasteiger charge is -2.25. The Labute approximate surface area is 129 Å². The second-order valence-corrected chi connectivity index (χ2v) is 5.33. The van der Waals surface area contributed by atoms with Gasteiger partial charge in [-0.2, -0.15) is 0 Å². The zero-order chi connectivity index (χ0) is 14.8. The van der Waals surface area contributed by atoms with Crippen LogP contribution in [-0.2, 0) is 19.1 Å². The van der Waals surface area contributed by atoms with Gasteiger partial charge in [0.2, 0.25) is 0 Å². The Morgan fingerprint density at radius 1 is 0.900 bits per heavy atom. The van der Waals surface area contributed by atoms with Crippen LogP contribution in [0.15, 0.2) is 12.2 Å². The molecule has 1 aliphatic carbocycles. The molecule has 114 valence electrons. The van der Waals surface area contributed by atoms with E-state index in [2.05, 4.69) is 0 Å². The maximum atomic E-state index is 12.0. The first-order valence-electron chi connectivity index (χ1n) is 6.81. The van der Waals surface area contributed by atoms with E-state index in [1.54, 1.807) is 0 Å². The molecular formula is C14H20Cl2O4. The number of rotatable bonds is 8. The second kappa shape index (κ2) is 10.1. The average molecular weight is 323 g/mol. The molecule has 2 atom stereocenters. The highest BCUT2D eigenvalue weighted by molar-refractivity contribution is 6.18. The molecule has 20 heavy (non-hydrogen) atoms. The number of ether oxygens (including phenoxy) is 2. The average Bonchev–Trinajstić information content (AvgIpc) is 2.47. The molecule has 0 saturated carbocycles. The van der Waals surface area contributed by atoms with Crippen molar-refractivity contribution in [3.8, 4) is 0 Å². The van der Waals surface area contributed by atoms with Crippen molar-refractivity contribution in [1.82, 2.24) is 0 Å². The molecule has 1 rings (SSSR count). The van der Waals surface area contributed by atoms with Gasteiger partial charge in [0.05, 0.1) is 25.0 Å². The van der Waals surface area contributed by atoms with Gasteiger partial charge < -0.3 is 9.47 Å². The lowest BCUT2D eigenvalue weighted by Crippen LogP contribution is -2.34. The maximum absolute atomic E-state index is 12.0. The number of carbonyl (C=O) groups excluding carboxylic acids is 2. The monoisotopic (exact) mass is 322 g/mol. The third-order valence-corrected chi connectivity index (χ3v) is 3.62. The molecule has 0 heterocycles. The van der Waals surface area contributed by atoms with Crippen LogP contribution < -0.4 is 0 Å². The molecule has 4 nitrogen and oxygen atoms in total. The molecule has 0 aromatic rings. The molecule has 0 amide bonds.